The van der Waals surface area contributed by atoms with E-state index in [1.54, 1.807) is 12.3 Å². The fourth-order valence-corrected chi connectivity index (χ4v) is 2.16. The van der Waals surface area contributed by atoms with Gasteiger partial charge in [-0.1, -0.05) is 28.1 Å². The fraction of sp³-hybridized carbons (Fsp3) is 0.200. The highest BCUT2D eigenvalue weighted by molar-refractivity contribution is 9.10. The Kier molecular flexibility index (Phi) is 4.32. The number of aromatic nitrogens is 1. The number of carbonyl (C=O) groups is 1. The van der Waals surface area contributed by atoms with Crippen LogP contribution in [0.25, 0.3) is 0 Å². The summed E-state index contributed by atoms with van der Waals surface area (Å²) >= 11 is 3.43. The summed E-state index contributed by atoms with van der Waals surface area (Å²) in [5.74, 6) is -0.111. The van der Waals surface area contributed by atoms with Crippen molar-refractivity contribution in [3.05, 3.63) is 63.9 Å². The van der Waals surface area contributed by atoms with Crippen LogP contribution in [0.5, 0.6) is 0 Å². The average molecular weight is 319 g/mol. The number of nitrogens with zero attached hydrogens (tertiary/aromatic N) is 1. The highest BCUT2D eigenvalue weighted by atomic mass is 79.9. The van der Waals surface area contributed by atoms with Crippen molar-refractivity contribution in [1.82, 2.24) is 10.3 Å². The first-order chi connectivity index (χ1) is 9.06. The fourth-order valence-electron chi connectivity index (χ4n) is 1.74. The molecule has 1 heterocycles. The Bertz CT molecular complexity index is 581. The second kappa shape index (κ2) is 5.97. The number of amides is 1. The number of aryl methyl sites for hydroxylation is 1. The Balaban J connectivity index is 2.08. The molecule has 1 amide bonds. The van der Waals surface area contributed by atoms with Gasteiger partial charge in [-0.2, -0.15) is 0 Å². The van der Waals surface area contributed by atoms with Gasteiger partial charge in [-0.3, -0.25) is 9.78 Å². The maximum absolute atomic E-state index is 12.1. The Morgan fingerprint density at radius 2 is 2.11 bits per heavy atom. The molecule has 1 aromatic heterocycles. The molecule has 19 heavy (non-hydrogen) atoms. The summed E-state index contributed by atoms with van der Waals surface area (Å²) in [5, 5.41) is 2.96. The van der Waals surface area contributed by atoms with Gasteiger partial charge in [-0.15, -0.1) is 0 Å². The smallest absolute Gasteiger partial charge is 0.253 e. The second-order valence-electron chi connectivity index (χ2n) is 4.44. The Labute approximate surface area is 121 Å². The van der Waals surface area contributed by atoms with Crippen molar-refractivity contribution >= 4 is 21.8 Å². The quantitative estimate of drug-likeness (QED) is 0.938. The summed E-state index contributed by atoms with van der Waals surface area (Å²) in [4.78, 5) is 16.2. The molecule has 0 spiro atoms. The predicted molar refractivity (Wildman–Crippen MR) is 79.0 cm³/mol. The van der Waals surface area contributed by atoms with E-state index in [1.807, 2.05) is 44.2 Å². The van der Waals surface area contributed by atoms with Crippen LogP contribution in [0.4, 0.5) is 0 Å². The zero-order valence-corrected chi connectivity index (χ0v) is 12.4. The molecule has 4 heteroatoms. The van der Waals surface area contributed by atoms with Gasteiger partial charge >= 0.3 is 0 Å². The van der Waals surface area contributed by atoms with Crippen LogP contribution in [-0.2, 0) is 0 Å². The molecule has 0 unspecified atom stereocenters. The van der Waals surface area contributed by atoms with Crippen LogP contribution in [0, 0.1) is 6.92 Å². The minimum atomic E-state index is -0.111. The van der Waals surface area contributed by atoms with Crippen molar-refractivity contribution in [3.63, 3.8) is 0 Å². The minimum Gasteiger partial charge on any atom is -0.345 e. The number of halogens is 1. The van der Waals surface area contributed by atoms with Gasteiger partial charge in [-0.25, -0.2) is 0 Å². The molecule has 0 fully saturated rings. The van der Waals surface area contributed by atoms with E-state index in [0.29, 0.717) is 5.56 Å². The molecule has 0 aliphatic carbocycles. The summed E-state index contributed by atoms with van der Waals surface area (Å²) in [6.45, 7) is 3.85. The molecule has 0 aliphatic rings. The van der Waals surface area contributed by atoms with E-state index >= 15 is 0 Å². The molecule has 2 rings (SSSR count). The maximum atomic E-state index is 12.1. The largest absolute Gasteiger partial charge is 0.345 e. The first kappa shape index (κ1) is 13.7. The van der Waals surface area contributed by atoms with Crippen molar-refractivity contribution in [2.24, 2.45) is 0 Å². The lowest BCUT2D eigenvalue weighted by Gasteiger charge is -2.14. The monoisotopic (exact) mass is 318 g/mol. The van der Waals surface area contributed by atoms with Crippen LogP contribution in [0.15, 0.2) is 47.1 Å². The Hall–Kier alpha value is -1.68. The molecule has 0 saturated carbocycles. The van der Waals surface area contributed by atoms with E-state index in [0.717, 1.165) is 15.7 Å². The van der Waals surface area contributed by atoms with Gasteiger partial charge in [0.1, 0.15) is 0 Å². The van der Waals surface area contributed by atoms with Crippen molar-refractivity contribution in [2.45, 2.75) is 19.9 Å². The van der Waals surface area contributed by atoms with Crippen molar-refractivity contribution in [3.8, 4) is 0 Å². The lowest BCUT2D eigenvalue weighted by atomic mass is 10.1. The zero-order valence-electron chi connectivity index (χ0n) is 10.9. The molecule has 1 atom stereocenters. The van der Waals surface area contributed by atoms with Crippen LogP contribution >= 0.6 is 15.9 Å². The lowest BCUT2D eigenvalue weighted by Crippen LogP contribution is -2.26. The number of carbonyl (C=O) groups excluding carboxylic acids is 1. The van der Waals surface area contributed by atoms with Crippen LogP contribution in [-0.4, -0.2) is 10.9 Å². The van der Waals surface area contributed by atoms with Gasteiger partial charge in [0.2, 0.25) is 0 Å². The molecular weight excluding hydrogens is 304 g/mol. The molecule has 0 radical (unpaired) electrons. The first-order valence-electron chi connectivity index (χ1n) is 6.05. The molecule has 1 aromatic carbocycles. The topological polar surface area (TPSA) is 42.0 Å². The highest BCUT2D eigenvalue weighted by Crippen LogP contribution is 2.18. The Morgan fingerprint density at radius 3 is 2.74 bits per heavy atom. The average Bonchev–Trinajstić information content (AvgIpc) is 2.39. The molecule has 0 saturated heterocycles. The summed E-state index contributed by atoms with van der Waals surface area (Å²) in [6, 6.07) is 11.5. The summed E-state index contributed by atoms with van der Waals surface area (Å²) in [6.07, 6.45) is 1.60. The number of hydrogen-bond donors (Lipinski definition) is 1. The molecule has 0 bridgehead atoms. The Morgan fingerprint density at radius 1 is 1.32 bits per heavy atom. The van der Waals surface area contributed by atoms with Crippen molar-refractivity contribution < 1.29 is 4.79 Å². The van der Waals surface area contributed by atoms with E-state index < -0.39 is 0 Å². The number of pyridine rings is 1. The van der Waals surface area contributed by atoms with Gasteiger partial charge in [0, 0.05) is 16.4 Å². The molecule has 98 valence electrons. The van der Waals surface area contributed by atoms with E-state index in [9.17, 15) is 4.79 Å². The zero-order chi connectivity index (χ0) is 13.8. The van der Waals surface area contributed by atoms with Crippen LogP contribution in [0.1, 0.15) is 34.6 Å². The van der Waals surface area contributed by atoms with Gasteiger partial charge in [0.15, 0.2) is 0 Å². The standard InChI is InChI=1S/C15H15BrN2O/c1-10-6-7-13(9-17-10)15(19)18-11(2)12-4-3-5-14(16)8-12/h3-9,11H,1-2H3,(H,18,19)/t11-/m1/s1. The van der Waals surface area contributed by atoms with Crippen LogP contribution in [0.2, 0.25) is 0 Å². The van der Waals surface area contributed by atoms with E-state index in [4.69, 9.17) is 0 Å². The maximum Gasteiger partial charge on any atom is 0.253 e. The molecule has 1 N–H and O–H groups in total. The van der Waals surface area contributed by atoms with Gasteiger partial charge in [0.05, 0.1) is 11.6 Å². The molecule has 3 nitrogen and oxygen atoms in total. The molecule has 0 aliphatic heterocycles. The predicted octanol–water partition coefficient (Wildman–Crippen LogP) is 3.64. The first-order valence-corrected chi connectivity index (χ1v) is 6.84. The van der Waals surface area contributed by atoms with Gasteiger partial charge in [0.25, 0.3) is 5.91 Å². The van der Waals surface area contributed by atoms with Gasteiger partial charge < -0.3 is 5.32 Å². The third kappa shape index (κ3) is 3.64. The van der Waals surface area contributed by atoms with E-state index in [-0.39, 0.29) is 11.9 Å². The summed E-state index contributed by atoms with van der Waals surface area (Å²) in [5.41, 5.74) is 2.53. The van der Waals surface area contributed by atoms with Crippen molar-refractivity contribution in [1.29, 1.82) is 0 Å². The SMILES string of the molecule is Cc1ccc(C(=O)N[C@H](C)c2cccc(Br)c2)cn1. The normalized spacial score (nSPS) is 11.9. The summed E-state index contributed by atoms with van der Waals surface area (Å²) in [7, 11) is 0. The summed E-state index contributed by atoms with van der Waals surface area (Å²) < 4.78 is 1.00. The number of nitrogens with one attached hydrogen (secondary N) is 1. The lowest BCUT2D eigenvalue weighted by molar-refractivity contribution is 0.0939. The van der Waals surface area contributed by atoms with E-state index in [2.05, 4.69) is 26.2 Å². The number of benzene rings is 1. The molecular formula is C15H15BrN2O. The minimum absolute atomic E-state index is 0.0497. The van der Waals surface area contributed by atoms with E-state index in [1.165, 1.54) is 0 Å². The van der Waals surface area contributed by atoms with Crippen LogP contribution < -0.4 is 5.32 Å². The van der Waals surface area contributed by atoms with Crippen LogP contribution in [0.3, 0.4) is 0 Å². The third-order valence-electron chi connectivity index (χ3n) is 2.87. The highest BCUT2D eigenvalue weighted by Gasteiger charge is 2.11. The molecule has 2 aromatic rings. The van der Waals surface area contributed by atoms with Gasteiger partial charge in [-0.05, 0) is 43.7 Å². The number of hydrogen-bond acceptors (Lipinski definition) is 2. The number of rotatable bonds is 3. The van der Waals surface area contributed by atoms with Crippen molar-refractivity contribution in [2.75, 3.05) is 0 Å². The third-order valence-corrected chi connectivity index (χ3v) is 3.36. The second-order valence-corrected chi connectivity index (χ2v) is 5.35.